The van der Waals surface area contributed by atoms with E-state index in [2.05, 4.69) is 22.5 Å². The van der Waals surface area contributed by atoms with E-state index in [-0.39, 0.29) is 23.7 Å². The molecule has 0 spiro atoms. The van der Waals surface area contributed by atoms with E-state index in [1.165, 1.54) is 12.1 Å². The molecule has 2 aromatic carbocycles. The van der Waals surface area contributed by atoms with Gasteiger partial charge in [-0.2, -0.15) is 0 Å². The van der Waals surface area contributed by atoms with Crippen molar-refractivity contribution in [3.8, 4) is 0 Å². The van der Waals surface area contributed by atoms with Gasteiger partial charge in [-0.3, -0.25) is 9.59 Å². The number of aromatic nitrogens is 1. The van der Waals surface area contributed by atoms with Gasteiger partial charge in [0.1, 0.15) is 17.6 Å². The number of hydrogen-bond acceptors (Lipinski definition) is 2. The highest BCUT2D eigenvalue weighted by Crippen LogP contribution is 2.20. The van der Waals surface area contributed by atoms with Crippen LogP contribution in [0.3, 0.4) is 0 Å². The van der Waals surface area contributed by atoms with Gasteiger partial charge in [-0.15, -0.1) is 0 Å². The molecule has 4 rings (SSSR count). The van der Waals surface area contributed by atoms with Crippen LogP contribution in [0.4, 0.5) is 4.39 Å². The van der Waals surface area contributed by atoms with Crippen LogP contribution in [0.25, 0.3) is 10.9 Å². The first-order valence-corrected chi connectivity index (χ1v) is 11.2. The van der Waals surface area contributed by atoms with Gasteiger partial charge < -0.3 is 15.2 Å². The number of halogens is 1. The van der Waals surface area contributed by atoms with E-state index >= 15 is 0 Å². The number of likely N-dealkylation sites (N-methyl/N-ethyl adjacent to an activating group) is 1. The Balaban J connectivity index is 1.59. The van der Waals surface area contributed by atoms with Gasteiger partial charge in [0.25, 0.3) is 5.91 Å². The Bertz CT molecular complexity index is 1120. The van der Waals surface area contributed by atoms with Crippen molar-refractivity contribution in [3.63, 3.8) is 0 Å². The molecule has 1 aliphatic rings. The highest BCUT2D eigenvalue weighted by atomic mass is 19.1. The molecule has 0 radical (unpaired) electrons. The zero-order chi connectivity index (χ0) is 22.5. The minimum Gasteiger partial charge on any atom is -0.351 e. The summed E-state index contributed by atoms with van der Waals surface area (Å²) in [5, 5.41) is 3.55. The normalized spacial score (nSPS) is 16.6. The van der Waals surface area contributed by atoms with E-state index in [1.807, 2.05) is 42.2 Å². The number of benzene rings is 2. The lowest BCUT2D eigenvalue weighted by Crippen LogP contribution is -2.52. The Hall–Kier alpha value is -3.41. The fraction of sp³-hybridized carbons (Fsp3) is 0.308. The fourth-order valence-electron chi connectivity index (χ4n) is 4.32. The van der Waals surface area contributed by atoms with Crippen molar-refractivity contribution in [2.45, 2.75) is 44.7 Å². The molecule has 1 aliphatic carbocycles. The third-order valence-corrected chi connectivity index (χ3v) is 5.97. The second-order valence-corrected chi connectivity index (χ2v) is 8.18. The molecule has 2 amide bonds. The maximum Gasteiger partial charge on any atom is 0.268 e. The average Bonchev–Trinajstić information content (AvgIpc) is 3.24. The maximum absolute atomic E-state index is 13.6. The zero-order valence-corrected chi connectivity index (χ0v) is 18.2. The molecule has 0 saturated carbocycles. The molecule has 5 nitrogen and oxygen atoms in total. The molecule has 0 bridgehead atoms. The molecule has 2 N–H and O–H groups in total. The van der Waals surface area contributed by atoms with Crippen molar-refractivity contribution >= 4 is 22.7 Å². The standard InChI is InChI=1S/C26H28FN3O2/c1-2-30(21-11-7-4-8-12-21)26(32)24(15-18-9-5-3-6-10-18)29-25(31)23-17-19-16-20(27)13-14-22(19)28-23/h3,5-7,9-11,13-14,16-17,21,24,28H,2,4,8,12,15H2,1H3,(H,29,31). The predicted molar refractivity (Wildman–Crippen MR) is 124 cm³/mol. The highest BCUT2D eigenvalue weighted by molar-refractivity contribution is 6.00. The first-order valence-electron chi connectivity index (χ1n) is 11.2. The third-order valence-electron chi connectivity index (χ3n) is 5.97. The fourth-order valence-corrected chi connectivity index (χ4v) is 4.32. The number of hydrogen-bond donors (Lipinski definition) is 2. The summed E-state index contributed by atoms with van der Waals surface area (Å²) in [5.41, 5.74) is 1.95. The summed E-state index contributed by atoms with van der Waals surface area (Å²) in [6.07, 6.45) is 7.62. The number of fused-ring (bicyclic) bond motifs is 1. The summed E-state index contributed by atoms with van der Waals surface area (Å²) in [5.74, 6) is -0.839. The van der Waals surface area contributed by atoms with E-state index in [4.69, 9.17) is 0 Å². The Kier molecular flexibility index (Phi) is 6.69. The van der Waals surface area contributed by atoms with E-state index in [9.17, 15) is 14.0 Å². The number of carbonyl (C=O) groups is 2. The van der Waals surface area contributed by atoms with Crippen molar-refractivity contribution in [1.82, 2.24) is 15.2 Å². The Labute approximate surface area is 187 Å². The largest absolute Gasteiger partial charge is 0.351 e. The molecule has 0 saturated heterocycles. The zero-order valence-electron chi connectivity index (χ0n) is 18.2. The number of carbonyl (C=O) groups excluding carboxylic acids is 2. The van der Waals surface area contributed by atoms with Crippen molar-refractivity contribution in [2.24, 2.45) is 0 Å². The Morgan fingerprint density at radius 3 is 2.72 bits per heavy atom. The van der Waals surface area contributed by atoms with Crippen LogP contribution in [0.15, 0.2) is 66.7 Å². The van der Waals surface area contributed by atoms with Gasteiger partial charge in [-0.25, -0.2) is 4.39 Å². The number of rotatable bonds is 7. The van der Waals surface area contributed by atoms with Crippen molar-refractivity contribution in [3.05, 3.63) is 83.8 Å². The minimum absolute atomic E-state index is 0.0486. The van der Waals surface area contributed by atoms with Crippen LogP contribution in [0.1, 0.15) is 42.2 Å². The van der Waals surface area contributed by atoms with E-state index in [0.29, 0.717) is 29.6 Å². The van der Waals surface area contributed by atoms with Crippen LogP contribution in [-0.2, 0) is 11.2 Å². The van der Waals surface area contributed by atoms with Gasteiger partial charge in [-0.1, -0.05) is 42.5 Å². The summed E-state index contributed by atoms with van der Waals surface area (Å²) in [6.45, 7) is 2.54. The van der Waals surface area contributed by atoms with Gasteiger partial charge in [0, 0.05) is 23.9 Å². The van der Waals surface area contributed by atoms with Crippen LogP contribution in [0.5, 0.6) is 0 Å². The van der Waals surface area contributed by atoms with Crippen LogP contribution < -0.4 is 5.32 Å². The molecule has 166 valence electrons. The molecule has 1 heterocycles. The van der Waals surface area contributed by atoms with Crippen LogP contribution in [0.2, 0.25) is 0 Å². The number of nitrogens with one attached hydrogen (secondary N) is 2. The van der Waals surface area contributed by atoms with Crippen LogP contribution in [-0.4, -0.2) is 40.3 Å². The van der Waals surface area contributed by atoms with Crippen molar-refractivity contribution in [2.75, 3.05) is 6.54 Å². The maximum atomic E-state index is 13.6. The van der Waals surface area contributed by atoms with Crippen LogP contribution in [0, 0.1) is 5.82 Å². The Morgan fingerprint density at radius 2 is 2.00 bits per heavy atom. The lowest BCUT2D eigenvalue weighted by molar-refractivity contribution is -0.134. The molecule has 32 heavy (non-hydrogen) atoms. The monoisotopic (exact) mass is 433 g/mol. The lowest BCUT2D eigenvalue weighted by Gasteiger charge is -2.33. The van der Waals surface area contributed by atoms with Gasteiger partial charge in [0.2, 0.25) is 5.91 Å². The average molecular weight is 434 g/mol. The topological polar surface area (TPSA) is 65.2 Å². The van der Waals surface area contributed by atoms with Crippen LogP contribution >= 0.6 is 0 Å². The first-order chi connectivity index (χ1) is 15.5. The SMILES string of the molecule is CCN(C(=O)C(Cc1ccccc1)NC(=O)c1cc2cc(F)ccc2[nH]1)C1C=CCCC1. The van der Waals surface area contributed by atoms with E-state index < -0.39 is 6.04 Å². The molecule has 6 heteroatoms. The number of nitrogens with zero attached hydrogens (tertiary/aromatic N) is 1. The van der Waals surface area contributed by atoms with E-state index in [1.54, 1.807) is 12.1 Å². The lowest BCUT2D eigenvalue weighted by atomic mass is 9.99. The molecule has 3 aromatic rings. The number of aromatic amines is 1. The summed E-state index contributed by atoms with van der Waals surface area (Å²) < 4.78 is 13.5. The second-order valence-electron chi connectivity index (χ2n) is 8.18. The predicted octanol–water partition coefficient (Wildman–Crippen LogP) is 4.61. The Morgan fingerprint density at radius 1 is 1.19 bits per heavy atom. The van der Waals surface area contributed by atoms with Gasteiger partial charge in [-0.05, 0) is 56.0 Å². The summed E-state index contributed by atoms with van der Waals surface area (Å²) >= 11 is 0. The van der Waals surface area contributed by atoms with Crippen molar-refractivity contribution in [1.29, 1.82) is 0 Å². The quantitative estimate of drug-likeness (QED) is 0.535. The second kappa shape index (κ2) is 9.81. The molecular weight excluding hydrogens is 405 g/mol. The van der Waals surface area contributed by atoms with Gasteiger partial charge in [0.15, 0.2) is 0 Å². The van der Waals surface area contributed by atoms with Gasteiger partial charge >= 0.3 is 0 Å². The number of H-pyrrole nitrogens is 1. The molecule has 2 unspecified atom stereocenters. The smallest absolute Gasteiger partial charge is 0.268 e. The molecular formula is C26H28FN3O2. The first kappa shape index (κ1) is 21.8. The minimum atomic E-state index is -0.705. The number of allylic oxidation sites excluding steroid dienone is 1. The summed E-state index contributed by atoms with van der Waals surface area (Å²) in [6, 6.07) is 15.0. The molecule has 2 atom stereocenters. The number of amides is 2. The molecule has 1 aromatic heterocycles. The summed E-state index contributed by atoms with van der Waals surface area (Å²) in [7, 11) is 0. The molecule has 0 aliphatic heterocycles. The highest BCUT2D eigenvalue weighted by Gasteiger charge is 2.30. The third kappa shape index (κ3) is 4.90. The summed E-state index contributed by atoms with van der Waals surface area (Å²) in [4.78, 5) is 31.5. The molecule has 0 fully saturated rings. The van der Waals surface area contributed by atoms with Crippen molar-refractivity contribution < 1.29 is 14.0 Å². The van der Waals surface area contributed by atoms with E-state index in [0.717, 1.165) is 24.8 Å². The van der Waals surface area contributed by atoms with Gasteiger partial charge in [0.05, 0.1) is 6.04 Å².